The van der Waals surface area contributed by atoms with Crippen LogP contribution in [0.2, 0.25) is 0 Å². The number of thioether (sulfide) groups is 1. The van der Waals surface area contributed by atoms with Gasteiger partial charge in [-0.15, -0.1) is 11.8 Å². The smallest absolute Gasteiger partial charge is 0.303 e. The van der Waals surface area contributed by atoms with Gasteiger partial charge in [-0.3, -0.25) is 19.7 Å². The highest BCUT2D eigenvalue weighted by atomic mass is 32.2. The molecule has 0 radical (unpaired) electrons. The maximum absolute atomic E-state index is 12.6. The summed E-state index contributed by atoms with van der Waals surface area (Å²) >= 11 is 1.38. The fourth-order valence-electron chi connectivity index (χ4n) is 2.99. The van der Waals surface area contributed by atoms with E-state index in [1.54, 1.807) is 12.1 Å². The predicted molar refractivity (Wildman–Crippen MR) is 94.6 cm³/mol. The maximum Gasteiger partial charge on any atom is 0.303 e. The lowest BCUT2D eigenvalue weighted by molar-refractivity contribution is -0.384. The molecule has 7 nitrogen and oxygen atoms in total. The number of nitro groups is 1. The molecule has 1 aliphatic rings. The van der Waals surface area contributed by atoms with Gasteiger partial charge in [0.05, 0.1) is 10.2 Å². The monoisotopic (exact) mass is 366 g/mol. The Balaban J connectivity index is 1.90. The number of amides is 1. The Morgan fingerprint density at radius 3 is 2.68 bits per heavy atom. The summed E-state index contributed by atoms with van der Waals surface area (Å²) in [6, 6.07) is 6.17. The molecule has 2 atom stereocenters. The number of carboxylic acid groups (broad SMARTS) is 1. The Morgan fingerprint density at radius 2 is 2.08 bits per heavy atom. The third-order valence-electron chi connectivity index (χ3n) is 4.31. The number of likely N-dealkylation sites (tertiary alicyclic amines) is 1. The summed E-state index contributed by atoms with van der Waals surface area (Å²) in [5.74, 6) is -0.528. The van der Waals surface area contributed by atoms with Crippen LogP contribution < -0.4 is 0 Å². The summed E-state index contributed by atoms with van der Waals surface area (Å²) < 4.78 is 0. The number of carbonyl (C=O) groups is 2. The number of hydrogen-bond donors (Lipinski definition) is 1. The minimum atomic E-state index is -0.800. The van der Waals surface area contributed by atoms with E-state index in [1.807, 2.05) is 11.8 Å². The lowest BCUT2D eigenvalue weighted by Gasteiger charge is -2.34. The minimum Gasteiger partial charge on any atom is -0.481 e. The van der Waals surface area contributed by atoms with Crippen LogP contribution in [-0.2, 0) is 9.59 Å². The summed E-state index contributed by atoms with van der Waals surface area (Å²) in [7, 11) is 0. The molecule has 1 aromatic carbocycles. The molecule has 0 spiro atoms. The number of hydrogen-bond acceptors (Lipinski definition) is 5. The van der Waals surface area contributed by atoms with Crippen molar-refractivity contribution in [3.63, 3.8) is 0 Å². The maximum atomic E-state index is 12.6. The molecule has 25 heavy (non-hydrogen) atoms. The van der Waals surface area contributed by atoms with Gasteiger partial charge in [0.1, 0.15) is 0 Å². The van der Waals surface area contributed by atoms with Crippen LogP contribution >= 0.6 is 11.8 Å². The van der Waals surface area contributed by atoms with Gasteiger partial charge in [-0.2, -0.15) is 0 Å². The summed E-state index contributed by atoms with van der Waals surface area (Å²) in [5.41, 5.74) is 0.0284. The Labute approximate surface area is 150 Å². The molecule has 0 bridgehead atoms. The first-order chi connectivity index (χ1) is 11.9. The molecule has 1 aromatic rings. The molecule has 1 N–H and O–H groups in total. The van der Waals surface area contributed by atoms with Gasteiger partial charge in [0.2, 0.25) is 5.91 Å². The van der Waals surface area contributed by atoms with Crippen molar-refractivity contribution in [2.45, 2.75) is 42.8 Å². The van der Waals surface area contributed by atoms with E-state index >= 15 is 0 Å². The van der Waals surface area contributed by atoms with Crippen LogP contribution in [0.15, 0.2) is 29.2 Å². The first-order valence-corrected chi connectivity index (χ1v) is 9.16. The summed E-state index contributed by atoms with van der Waals surface area (Å²) in [4.78, 5) is 36.2. The topological polar surface area (TPSA) is 101 Å². The predicted octanol–water partition coefficient (Wildman–Crippen LogP) is 3.18. The quantitative estimate of drug-likeness (QED) is 0.452. The number of nitro benzene ring substituents is 1. The number of benzene rings is 1. The Bertz CT molecular complexity index is 634. The van der Waals surface area contributed by atoms with Crippen LogP contribution in [0.5, 0.6) is 0 Å². The first-order valence-electron chi connectivity index (χ1n) is 8.28. The number of nitrogens with zero attached hydrogens (tertiary/aromatic N) is 2. The molecular weight excluding hydrogens is 344 g/mol. The van der Waals surface area contributed by atoms with Crippen molar-refractivity contribution in [3.05, 3.63) is 34.4 Å². The number of aliphatic carboxylic acids is 1. The van der Waals surface area contributed by atoms with Gasteiger partial charge in [-0.05, 0) is 44.2 Å². The summed E-state index contributed by atoms with van der Waals surface area (Å²) in [5, 5.41) is 19.2. The van der Waals surface area contributed by atoms with Crippen molar-refractivity contribution in [2.75, 3.05) is 13.1 Å². The lowest BCUT2D eigenvalue weighted by Crippen LogP contribution is -2.43. The van der Waals surface area contributed by atoms with Crippen molar-refractivity contribution < 1.29 is 19.6 Å². The van der Waals surface area contributed by atoms with Crippen LogP contribution in [0.4, 0.5) is 5.69 Å². The SMILES string of the molecule is CC(Sc1ccc([N+](=O)[O-])cc1)C(=O)N1CCCC(CCC(=O)O)C1. The molecular formula is C17H22N2O5S. The molecule has 2 unspecified atom stereocenters. The van der Waals surface area contributed by atoms with Gasteiger partial charge in [-0.25, -0.2) is 0 Å². The average molecular weight is 366 g/mol. The van der Waals surface area contributed by atoms with Gasteiger partial charge in [0, 0.05) is 36.5 Å². The van der Waals surface area contributed by atoms with E-state index in [2.05, 4.69) is 0 Å². The molecule has 1 aliphatic heterocycles. The first kappa shape index (κ1) is 19.2. The van der Waals surface area contributed by atoms with Crippen molar-refractivity contribution in [1.82, 2.24) is 4.90 Å². The van der Waals surface area contributed by atoms with Crippen LogP contribution in [0.1, 0.15) is 32.6 Å². The van der Waals surface area contributed by atoms with Crippen molar-refractivity contribution in [3.8, 4) is 0 Å². The Morgan fingerprint density at radius 1 is 1.40 bits per heavy atom. The third kappa shape index (κ3) is 5.74. The second-order valence-electron chi connectivity index (χ2n) is 6.24. The largest absolute Gasteiger partial charge is 0.481 e. The van der Waals surface area contributed by atoms with E-state index in [1.165, 1.54) is 23.9 Å². The Hall–Kier alpha value is -2.09. The van der Waals surface area contributed by atoms with Crippen LogP contribution in [0.25, 0.3) is 0 Å². The Kier molecular flexibility index (Phi) is 6.81. The lowest BCUT2D eigenvalue weighted by atomic mass is 9.93. The molecule has 0 aliphatic carbocycles. The van der Waals surface area contributed by atoms with E-state index in [4.69, 9.17) is 5.11 Å². The molecule has 2 rings (SSSR count). The fourth-order valence-corrected chi connectivity index (χ4v) is 3.94. The van der Waals surface area contributed by atoms with Crippen molar-refractivity contribution >= 4 is 29.3 Å². The highest BCUT2D eigenvalue weighted by molar-refractivity contribution is 8.00. The van der Waals surface area contributed by atoms with Gasteiger partial charge >= 0.3 is 5.97 Å². The fraction of sp³-hybridized carbons (Fsp3) is 0.529. The zero-order valence-electron chi connectivity index (χ0n) is 14.1. The molecule has 8 heteroatoms. The molecule has 0 aromatic heterocycles. The van der Waals surface area contributed by atoms with E-state index in [0.29, 0.717) is 19.5 Å². The normalized spacial score (nSPS) is 18.6. The number of rotatable bonds is 7. The number of carboxylic acids is 1. The summed E-state index contributed by atoms with van der Waals surface area (Å²) in [6.45, 7) is 3.14. The second kappa shape index (κ2) is 8.84. The van der Waals surface area contributed by atoms with Gasteiger partial charge in [-0.1, -0.05) is 0 Å². The average Bonchev–Trinajstić information content (AvgIpc) is 2.60. The minimum absolute atomic E-state index is 0.0284. The van der Waals surface area contributed by atoms with E-state index in [9.17, 15) is 19.7 Å². The number of piperidine rings is 1. The molecule has 1 saturated heterocycles. The van der Waals surface area contributed by atoms with Crippen LogP contribution in [0.3, 0.4) is 0 Å². The third-order valence-corrected chi connectivity index (χ3v) is 5.40. The van der Waals surface area contributed by atoms with E-state index in [-0.39, 0.29) is 29.2 Å². The molecule has 1 fully saturated rings. The van der Waals surface area contributed by atoms with Gasteiger partial charge in [0.15, 0.2) is 0 Å². The highest BCUT2D eigenvalue weighted by Gasteiger charge is 2.27. The van der Waals surface area contributed by atoms with Crippen LogP contribution in [-0.4, -0.2) is 45.1 Å². The molecule has 1 amide bonds. The van der Waals surface area contributed by atoms with Gasteiger partial charge < -0.3 is 10.0 Å². The van der Waals surface area contributed by atoms with Gasteiger partial charge in [0.25, 0.3) is 5.69 Å². The van der Waals surface area contributed by atoms with Crippen LogP contribution in [0, 0.1) is 16.0 Å². The zero-order valence-corrected chi connectivity index (χ0v) is 14.9. The van der Waals surface area contributed by atoms with Crippen molar-refractivity contribution in [2.24, 2.45) is 5.92 Å². The van der Waals surface area contributed by atoms with Crippen molar-refractivity contribution in [1.29, 1.82) is 0 Å². The zero-order chi connectivity index (χ0) is 18.4. The standard InChI is InChI=1S/C17H22N2O5S/c1-12(25-15-7-5-14(6-8-15)19(23)24)17(22)18-10-2-3-13(11-18)4-9-16(20)21/h5-8,12-13H,2-4,9-11H2,1H3,(H,20,21). The molecule has 1 heterocycles. The van der Waals surface area contributed by atoms with E-state index < -0.39 is 10.9 Å². The number of non-ortho nitro benzene ring substituents is 1. The molecule has 136 valence electrons. The highest BCUT2D eigenvalue weighted by Crippen LogP contribution is 2.28. The van der Waals surface area contributed by atoms with E-state index in [0.717, 1.165) is 17.7 Å². The second-order valence-corrected chi connectivity index (χ2v) is 7.65. The molecule has 0 saturated carbocycles. The number of carbonyl (C=O) groups excluding carboxylic acids is 1. The summed E-state index contributed by atoms with van der Waals surface area (Å²) in [6.07, 6.45) is 2.59.